The fraction of sp³-hybridized carbons (Fsp3) is 0.588. The van der Waals surface area contributed by atoms with Crippen molar-refractivity contribution < 1.29 is 9.53 Å². The van der Waals surface area contributed by atoms with E-state index < -0.39 is 0 Å². The summed E-state index contributed by atoms with van der Waals surface area (Å²) in [5.74, 6) is -0.0727. The largest absolute Gasteiger partial charge is 0.465 e. The third kappa shape index (κ3) is 4.55. The molecule has 0 aliphatic carbocycles. The maximum absolute atomic E-state index is 12.0. The molecular formula is C17H26N2O2. The molecule has 2 rings (SSSR count). The lowest BCUT2D eigenvalue weighted by Gasteiger charge is -2.38. The van der Waals surface area contributed by atoms with Crippen LogP contribution in [-0.2, 0) is 16.1 Å². The molecule has 0 saturated carbocycles. The van der Waals surface area contributed by atoms with E-state index in [2.05, 4.69) is 41.0 Å². The van der Waals surface area contributed by atoms with Crippen molar-refractivity contribution in [2.24, 2.45) is 0 Å². The van der Waals surface area contributed by atoms with Crippen LogP contribution in [0.1, 0.15) is 25.8 Å². The van der Waals surface area contributed by atoms with Crippen molar-refractivity contribution in [1.82, 2.24) is 9.80 Å². The standard InChI is InChI=1S/C17H26N2O2/c1-3-16(17(20)21-4-2)19-12-10-18(11-13-19)14-15-8-6-5-7-9-15/h5-9,16H,3-4,10-14H2,1-2H3. The summed E-state index contributed by atoms with van der Waals surface area (Å²) in [6, 6.07) is 10.5. The van der Waals surface area contributed by atoms with Gasteiger partial charge in [0, 0.05) is 32.7 Å². The van der Waals surface area contributed by atoms with Gasteiger partial charge in [-0.15, -0.1) is 0 Å². The van der Waals surface area contributed by atoms with Gasteiger partial charge in [0.05, 0.1) is 6.61 Å². The van der Waals surface area contributed by atoms with Crippen LogP contribution in [0.3, 0.4) is 0 Å². The Kier molecular flexibility index (Phi) is 6.21. The van der Waals surface area contributed by atoms with Crippen LogP contribution in [0.25, 0.3) is 0 Å². The number of carbonyl (C=O) groups is 1. The van der Waals surface area contributed by atoms with Crippen LogP contribution >= 0.6 is 0 Å². The van der Waals surface area contributed by atoms with Gasteiger partial charge in [0.15, 0.2) is 0 Å². The van der Waals surface area contributed by atoms with Crippen LogP contribution in [-0.4, -0.2) is 54.6 Å². The Morgan fingerprint density at radius 3 is 2.38 bits per heavy atom. The van der Waals surface area contributed by atoms with E-state index in [9.17, 15) is 4.79 Å². The SMILES string of the molecule is CCOC(=O)C(CC)N1CCN(Cc2ccccc2)CC1. The molecule has 4 heteroatoms. The van der Waals surface area contributed by atoms with E-state index in [1.807, 2.05) is 13.0 Å². The zero-order valence-corrected chi connectivity index (χ0v) is 13.1. The molecule has 0 N–H and O–H groups in total. The van der Waals surface area contributed by atoms with Gasteiger partial charge in [-0.25, -0.2) is 0 Å². The van der Waals surface area contributed by atoms with Crippen molar-refractivity contribution in [1.29, 1.82) is 0 Å². The van der Waals surface area contributed by atoms with Crippen molar-refractivity contribution in [2.75, 3.05) is 32.8 Å². The van der Waals surface area contributed by atoms with Crippen molar-refractivity contribution >= 4 is 5.97 Å². The van der Waals surface area contributed by atoms with E-state index in [4.69, 9.17) is 4.74 Å². The summed E-state index contributed by atoms with van der Waals surface area (Å²) in [5.41, 5.74) is 1.35. The molecule has 0 amide bonds. The summed E-state index contributed by atoms with van der Waals surface area (Å²) in [6.07, 6.45) is 0.817. The minimum Gasteiger partial charge on any atom is -0.465 e. The minimum absolute atomic E-state index is 0.0727. The van der Waals surface area contributed by atoms with Crippen LogP contribution < -0.4 is 0 Å². The predicted octanol–water partition coefficient (Wildman–Crippen LogP) is 2.15. The highest BCUT2D eigenvalue weighted by Gasteiger charge is 2.28. The Balaban J connectivity index is 1.83. The summed E-state index contributed by atoms with van der Waals surface area (Å²) < 4.78 is 5.18. The molecule has 0 bridgehead atoms. The predicted molar refractivity (Wildman–Crippen MR) is 84.0 cm³/mol. The number of hydrogen-bond donors (Lipinski definition) is 0. The highest BCUT2D eigenvalue weighted by Crippen LogP contribution is 2.13. The van der Waals surface area contributed by atoms with E-state index in [1.54, 1.807) is 0 Å². The van der Waals surface area contributed by atoms with Crippen molar-refractivity contribution in [2.45, 2.75) is 32.9 Å². The number of hydrogen-bond acceptors (Lipinski definition) is 4. The van der Waals surface area contributed by atoms with Gasteiger partial charge >= 0.3 is 5.97 Å². The number of piperazine rings is 1. The number of esters is 1. The number of nitrogens with zero attached hydrogens (tertiary/aromatic N) is 2. The first-order chi connectivity index (χ1) is 10.2. The van der Waals surface area contributed by atoms with Crippen LogP contribution in [0.5, 0.6) is 0 Å². The molecule has 116 valence electrons. The van der Waals surface area contributed by atoms with Crippen LogP contribution in [0, 0.1) is 0 Å². The molecule has 1 fully saturated rings. The average molecular weight is 290 g/mol. The number of benzene rings is 1. The Labute approximate surface area is 127 Å². The van der Waals surface area contributed by atoms with Crippen LogP contribution in [0.15, 0.2) is 30.3 Å². The first-order valence-electron chi connectivity index (χ1n) is 7.91. The molecule has 1 saturated heterocycles. The average Bonchev–Trinajstić information content (AvgIpc) is 2.51. The van der Waals surface area contributed by atoms with Gasteiger partial charge in [0.1, 0.15) is 6.04 Å². The first kappa shape index (κ1) is 16.0. The molecule has 1 aromatic rings. The second kappa shape index (κ2) is 8.15. The maximum Gasteiger partial charge on any atom is 0.323 e. The number of carbonyl (C=O) groups excluding carboxylic acids is 1. The maximum atomic E-state index is 12.0. The second-order valence-electron chi connectivity index (χ2n) is 5.47. The van der Waals surface area contributed by atoms with Crippen LogP contribution in [0.4, 0.5) is 0 Å². The third-order valence-corrected chi connectivity index (χ3v) is 4.04. The normalized spacial score (nSPS) is 18.4. The Morgan fingerprint density at radius 1 is 1.14 bits per heavy atom. The first-order valence-corrected chi connectivity index (χ1v) is 7.91. The van der Waals surface area contributed by atoms with Gasteiger partial charge < -0.3 is 4.74 Å². The van der Waals surface area contributed by atoms with E-state index in [0.717, 1.165) is 39.1 Å². The van der Waals surface area contributed by atoms with Crippen molar-refractivity contribution in [3.8, 4) is 0 Å². The van der Waals surface area contributed by atoms with Gasteiger partial charge in [-0.3, -0.25) is 14.6 Å². The quantitative estimate of drug-likeness (QED) is 0.752. The summed E-state index contributed by atoms with van der Waals surface area (Å²) in [6.45, 7) is 9.25. The summed E-state index contributed by atoms with van der Waals surface area (Å²) in [7, 11) is 0. The highest BCUT2D eigenvalue weighted by molar-refractivity contribution is 5.75. The molecule has 0 aromatic heterocycles. The zero-order chi connectivity index (χ0) is 15.1. The van der Waals surface area contributed by atoms with Crippen molar-refractivity contribution in [3.63, 3.8) is 0 Å². The summed E-state index contributed by atoms with van der Waals surface area (Å²) in [4.78, 5) is 16.7. The Morgan fingerprint density at radius 2 is 1.81 bits per heavy atom. The lowest BCUT2D eigenvalue weighted by molar-refractivity contribution is -0.150. The third-order valence-electron chi connectivity index (χ3n) is 4.04. The molecule has 0 radical (unpaired) electrons. The lowest BCUT2D eigenvalue weighted by Crippen LogP contribution is -2.52. The van der Waals surface area contributed by atoms with Gasteiger partial charge in [-0.2, -0.15) is 0 Å². The van der Waals surface area contributed by atoms with E-state index in [0.29, 0.717) is 6.61 Å². The molecule has 1 heterocycles. The van der Waals surface area contributed by atoms with Gasteiger partial charge in [0.25, 0.3) is 0 Å². The molecule has 1 aliphatic heterocycles. The van der Waals surface area contributed by atoms with Gasteiger partial charge in [0.2, 0.25) is 0 Å². The van der Waals surface area contributed by atoms with Gasteiger partial charge in [-0.1, -0.05) is 37.3 Å². The fourth-order valence-corrected chi connectivity index (χ4v) is 2.89. The molecule has 1 aliphatic rings. The topological polar surface area (TPSA) is 32.8 Å². The summed E-state index contributed by atoms with van der Waals surface area (Å²) in [5, 5.41) is 0. The molecule has 21 heavy (non-hydrogen) atoms. The molecule has 1 unspecified atom stereocenters. The minimum atomic E-state index is -0.0798. The highest BCUT2D eigenvalue weighted by atomic mass is 16.5. The monoisotopic (exact) mass is 290 g/mol. The molecular weight excluding hydrogens is 264 g/mol. The second-order valence-corrected chi connectivity index (χ2v) is 5.47. The van der Waals surface area contributed by atoms with E-state index in [1.165, 1.54) is 5.56 Å². The van der Waals surface area contributed by atoms with E-state index >= 15 is 0 Å². The number of rotatable bonds is 6. The fourth-order valence-electron chi connectivity index (χ4n) is 2.89. The van der Waals surface area contributed by atoms with E-state index in [-0.39, 0.29) is 12.0 Å². The summed E-state index contributed by atoms with van der Waals surface area (Å²) >= 11 is 0. The smallest absolute Gasteiger partial charge is 0.323 e. The molecule has 1 aromatic carbocycles. The molecule has 0 spiro atoms. The zero-order valence-electron chi connectivity index (χ0n) is 13.1. The van der Waals surface area contributed by atoms with Crippen LogP contribution in [0.2, 0.25) is 0 Å². The molecule has 1 atom stereocenters. The van der Waals surface area contributed by atoms with Gasteiger partial charge in [-0.05, 0) is 18.9 Å². The molecule has 4 nitrogen and oxygen atoms in total. The lowest BCUT2D eigenvalue weighted by atomic mass is 10.1. The Bertz CT molecular complexity index is 428. The number of ether oxygens (including phenoxy) is 1. The van der Waals surface area contributed by atoms with Crippen molar-refractivity contribution in [3.05, 3.63) is 35.9 Å². The Hall–Kier alpha value is -1.39.